The molecule has 1 aromatic heterocycles. The largest absolute Gasteiger partial charge is 0.310 e. The van der Waals surface area contributed by atoms with Crippen LogP contribution in [0.15, 0.2) is 212 Å². The predicted molar refractivity (Wildman–Crippen MR) is 239 cm³/mol. The van der Waals surface area contributed by atoms with Gasteiger partial charge >= 0.3 is 0 Å². The third kappa shape index (κ3) is 5.17. The average molecular weight is 714 g/mol. The molecule has 0 saturated heterocycles. The zero-order valence-corrected chi connectivity index (χ0v) is 30.5. The molecule has 0 spiro atoms. The van der Waals surface area contributed by atoms with E-state index < -0.39 is 0 Å². The first kappa shape index (κ1) is 32.0. The lowest BCUT2D eigenvalue weighted by Crippen LogP contribution is -2.09. The molecule has 11 rings (SSSR count). The zero-order chi connectivity index (χ0) is 37.0. The van der Waals surface area contributed by atoms with Crippen LogP contribution in [0.1, 0.15) is 0 Å². The van der Waals surface area contributed by atoms with Crippen molar-refractivity contribution in [3.8, 4) is 0 Å². The molecule has 0 atom stereocenters. The number of fused-ring (bicyclic) bond motifs is 12. The Morgan fingerprint density at radius 3 is 0.964 bits per heavy atom. The number of rotatable bonds is 6. The van der Waals surface area contributed by atoms with Gasteiger partial charge < -0.3 is 9.80 Å². The highest BCUT2D eigenvalue weighted by molar-refractivity contribution is 6.31. The average Bonchev–Trinajstić information content (AvgIpc) is 3.28. The van der Waals surface area contributed by atoms with Crippen LogP contribution in [0.4, 0.5) is 34.1 Å². The van der Waals surface area contributed by atoms with Crippen LogP contribution in [-0.4, -0.2) is 4.98 Å². The molecule has 0 amide bonds. The molecule has 0 aliphatic rings. The van der Waals surface area contributed by atoms with Crippen molar-refractivity contribution in [3.63, 3.8) is 0 Å². The molecule has 0 unspecified atom stereocenters. The minimum atomic E-state index is 1.02. The Hall–Kier alpha value is -7.49. The maximum absolute atomic E-state index is 5.65. The molecular weight excluding hydrogens is 679 g/mol. The molecule has 0 bridgehead atoms. The number of hydrogen-bond donors (Lipinski definition) is 0. The summed E-state index contributed by atoms with van der Waals surface area (Å²) in [4.78, 5) is 10.3. The van der Waals surface area contributed by atoms with E-state index in [-0.39, 0.29) is 0 Å². The Labute approximate surface area is 324 Å². The van der Waals surface area contributed by atoms with E-state index in [1.807, 2.05) is 0 Å². The minimum Gasteiger partial charge on any atom is -0.310 e. The fourth-order valence-corrected chi connectivity index (χ4v) is 8.64. The molecule has 0 radical (unpaired) electrons. The van der Waals surface area contributed by atoms with Gasteiger partial charge in [-0.3, -0.25) is 0 Å². The van der Waals surface area contributed by atoms with Crippen molar-refractivity contribution in [1.82, 2.24) is 4.98 Å². The number of nitrogens with zero attached hydrogens (tertiary/aromatic N) is 3. The molecule has 11 aromatic rings. The van der Waals surface area contributed by atoms with E-state index in [0.717, 1.165) is 66.7 Å². The second-order valence-electron chi connectivity index (χ2n) is 14.3. The number of anilines is 6. The summed E-state index contributed by atoms with van der Waals surface area (Å²) in [6, 6.07) is 76.2. The number of benzene rings is 10. The van der Waals surface area contributed by atoms with Gasteiger partial charge in [-0.15, -0.1) is 0 Å². The number of aromatic nitrogens is 1. The van der Waals surface area contributed by atoms with Crippen molar-refractivity contribution in [2.75, 3.05) is 9.80 Å². The summed E-state index contributed by atoms with van der Waals surface area (Å²) in [5.74, 6) is 0. The van der Waals surface area contributed by atoms with Crippen molar-refractivity contribution in [3.05, 3.63) is 212 Å². The second kappa shape index (κ2) is 13.1. The van der Waals surface area contributed by atoms with E-state index in [9.17, 15) is 0 Å². The fraction of sp³-hybridized carbons (Fsp3) is 0. The third-order valence-electron chi connectivity index (χ3n) is 11.1. The van der Waals surface area contributed by atoms with Gasteiger partial charge in [0, 0.05) is 55.7 Å². The van der Waals surface area contributed by atoms with Crippen molar-refractivity contribution in [1.29, 1.82) is 0 Å². The SMILES string of the molecule is c1ccc(N(c2ccccc2)c2ccc3c(c2)c2ccccc2c2nc4c5ccc(N(c6ccccc6)c6ccccc6)cc5c5ccccc5c4cc32)cc1. The normalized spacial score (nSPS) is 11.6. The highest BCUT2D eigenvalue weighted by Gasteiger charge is 2.19. The lowest BCUT2D eigenvalue weighted by Gasteiger charge is -2.26. The maximum Gasteiger partial charge on any atom is 0.0794 e. The third-order valence-corrected chi connectivity index (χ3v) is 11.1. The van der Waals surface area contributed by atoms with Gasteiger partial charge in [0.2, 0.25) is 0 Å². The van der Waals surface area contributed by atoms with E-state index in [0.29, 0.717) is 0 Å². The summed E-state index contributed by atoms with van der Waals surface area (Å²) >= 11 is 0. The highest BCUT2D eigenvalue weighted by atomic mass is 15.1. The molecule has 10 aromatic carbocycles. The maximum atomic E-state index is 5.65. The van der Waals surface area contributed by atoms with Gasteiger partial charge in [-0.2, -0.15) is 0 Å². The summed E-state index contributed by atoms with van der Waals surface area (Å²) in [7, 11) is 0. The summed E-state index contributed by atoms with van der Waals surface area (Å²) in [6.07, 6.45) is 0. The lowest BCUT2D eigenvalue weighted by molar-refractivity contribution is 1.29. The van der Waals surface area contributed by atoms with Crippen LogP contribution >= 0.6 is 0 Å². The monoisotopic (exact) mass is 713 g/mol. The van der Waals surface area contributed by atoms with Crippen LogP contribution in [0.25, 0.3) is 64.9 Å². The zero-order valence-electron chi connectivity index (χ0n) is 30.5. The Morgan fingerprint density at radius 2 is 0.518 bits per heavy atom. The molecule has 262 valence electrons. The van der Waals surface area contributed by atoms with Crippen LogP contribution in [-0.2, 0) is 0 Å². The van der Waals surface area contributed by atoms with Gasteiger partial charge in [0.05, 0.1) is 11.0 Å². The summed E-state index contributed by atoms with van der Waals surface area (Å²) in [5.41, 5.74) is 8.72. The van der Waals surface area contributed by atoms with Gasteiger partial charge in [0.15, 0.2) is 0 Å². The van der Waals surface area contributed by atoms with Gasteiger partial charge in [-0.05, 0) is 111 Å². The van der Waals surface area contributed by atoms with E-state index in [1.54, 1.807) is 0 Å². The first-order chi connectivity index (χ1) is 27.8. The standard InChI is InChI=1S/C53H35N3/c1-5-17-36(18-6-1)55(37-19-7-2-8-20-37)40-29-31-45-48(33-40)44-27-15-16-28-46(44)52-51(45)35-50-43-26-14-13-25-42(43)49-34-41(30-32-47(49)53(50)54-52)56(38-21-9-3-10-22-38)39-23-11-4-12-24-39/h1-35H. The molecule has 0 fully saturated rings. The minimum absolute atomic E-state index is 1.02. The topological polar surface area (TPSA) is 19.4 Å². The molecule has 0 saturated carbocycles. The fourth-order valence-electron chi connectivity index (χ4n) is 8.64. The van der Waals surface area contributed by atoms with Crippen molar-refractivity contribution < 1.29 is 0 Å². The smallest absolute Gasteiger partial charge is 0.0794 e. The van der Waals surface area contributed by atoms with Crippen molar-refractivity contribution in [2.45, 2.75) is 0 Å². The highest BCUT2D eigenvalue weighted by Crippen LogP contribution is 2.44. The second-order valence-corrected chi connectivity index (χ2v) is 14.3. The van der Waals surface area contributed by atoms with Crippen molar-refractivity contribution >= 4 is 99.0 Å². The number of hydrogen-bond acceptors (Lipinski definition) is 3. The molecule has 0 N–H and O–H groups in total. The number of para-hydroxylation sites is 4. The Morgan fingerprint density at radius 1 is 0.214 bits per heavy atom. The first-order valence-corrected chi connectivity index (χ1v) is 19.1. The predicted octanol–water partition coefficient (Wildman–Crippen LogP) is 14.9. The number of pyridine rings is 1. The van der Waals surface area contributed by atoms with Gasteiger partial charge in [-0.25, -0.2) is 4.98 Å². The van der Waals surface area contributed by atoms with Crippen molar-refractivity contribution in [2.24, 2.45) is 0 Å². The lowest BCUT2D eigenvalue weighted by atomic mass is 9.92. The Kier molecular flexibility index (Phi) is 7.49. The van der Waals surface area contributed by atoms with Crippen LogP contribution in [0.2, 0.25) is 0 Å². The van der Waals surface area contributed by atoms with E-state index >= 15 is 0 Å². The summed E-state index contributed by atoms with van der Waals surface area (Å²) < 4.78 is 0. The van der Waals surface area contributed by atoms with Gasteiger partial charge in [0.1, 0.15) is 0 Å². The van der Waals surface area contributed by atoms with Crippen LogP contribution < -0.4 is 9.80 Å². The summed E-state index contributed by atoms with van der Waals surface area (Å²) in [5, 5.41) is 11.8. The molecular formula is C53H35N3. The van der Waals surface area contributed by atoms with Gasteiger partial charge in [-0.1, -0.05) is 133 Å². The quantitative estimate of drug-likeness (QED) is 0.126. The molecule has 3 heteroatoms. The molecule has 3 nitrogen and oxygen atoms in total. The molecule has 56 heavy (non-hydrogen) atoms. The molecule has 0 aliphatic heterocycles. The molecule has 1 heterocycles. The van der Waals surface area contributed by atoms with Crippen LogP contribution in [0.5, 0.6) is 0 Å². The first-order valence-electron chi connectivity index (χ1n) is 19.1. The van der Waals surface area contributed by atoms with E-state index in [2.05, 4.69) is 222 Å². The summed E-state index contributed by atoms with van der Waals surface area (Å²) in [6.45, 7) is 0. The Balaban J connectivity index is 1.18. The Bertz CT molecular complexity index is 2940. The van der Waals surface area contributed by atoms with Crippen LogP contribution in [0, 0.1) is 0 Å². The van der Waals surface area contributed by atoms with E-state index in [4.69, 9.17) is 4.98 Å². The van der Waals surface area contributed by atoms with Gasteiger partial charge in [0.25, 0.3) is 0 Å². The van der Waals surface area contributed by atoms with Crippen LogP contribution in [0.3, 0.4) is 0 Å². The molecule has 0 aliphatic carbocycles. The van der Waals surface area contributed by atoms with E-state index in [1.165, 1.54) is 32.3 Å².